The maximum absolute atomic E-state index is 13.2. The van der Waals surface area contributed by atoms with Gasteiger partial charge in [-0.25, -0.2) is 9.37 Å². The van der Waals surface area contributed by atoms with E-state index in [1.807, 2.05) is 24.3 Å². The molecule has 3 aromatic rings. The van der Waals surface area contributed by atoms with Crippen LogP contribution in [0.3, 0.4) is 0 Å². The lowest BCUT2D eigenvalue weighted by molar-refractivity contribution is -0.117. The highest BCUT2D eigenvalue weighted by Crippen LogP contribution is 2.36. The molecule has 0 bridgehead atoms. The minimum absolute atomic E-state index is 0.176. The number of ketones is 1. The highest BCUT2D eigenvalue weighted by atomic mass is 19.1. The van der Waals surface area contributed by atoms with E-state index in [9.17, 15) is 14.0 Å². The Morgan fingerprint density at radius 3 is 2.77 bits per heavy atom. The van der Waals surface area contributed by atoms with E-state index in [0.29, 0.717) is 18.7 Å². The van der Waals surface area contributed by atoms with Crippen molar-refractivity contribution in [1.82, 2.24) is 9.97 Å². The summed E-state index contributed by atoms with van der Waals surface area (Å²) in [5, 5.41) is 2.71. The number of nitrogens with zero attached hydrogens (tertiary/aromatic N) is 1. The highest BCUT2D eigenvalue weighted by molar-refractivity contribution is 6.02. The summed E-state index contributed by atoms with van der Waals surface area (Å²) in [6.45, 7) is 0. The molecule has 2 heterocycles. The number of aryl methyl sites for hydroxylation is 1. The van der Waals surface area contributed by atoms with Gasteiger partial charge in [-0.3, -0.25) is 9.59 Å². The number of aromatic amines is 1. The summed E-state index contributed by atoms with van der Waals surface area (Å²) < 4.78 is 13.2. The van der Waals surface area contributed by atoms with Gasteiger partial charge in [0.15, 0.2) is 5.78 Å². The molecule has 2 aromatic heterocycles. The standard InChI is InChI=1S/C24H22FN3O2/c25-18-13-16(18)24(30)28-21-12-15(9-10-26-21)23-17(11-14-5-2-1-3-6-14)22-19(27-23)7-4-8-20(22)29/h1-3,5-6,9-10,12,16,18,27H,4,7-8,11,13H2,(H,26,28,30)/t16?,18-/m0/s1. The zero-order valence-electron chi connectivity index (χ0n) is 16.5. The molecule has 0 aliphatic heterocycles. The molecule has 0 radical (unpaired) electrons. The average molecular weight is 403 g/mol. The van der Waals surface area contributed by atoms with Gasteiger partial charge in [-0.2, -0.15) is 0 Å². The van der Waals surface area contributed by atoms with Gasteiger partial charge in [-0.05, 0) is 42.5 Å². The minimum Gasteiger partial charge on any atom is -0.358 e. The average Bonchev–Trinajstić information content (AvgIpc) is 3.37. The Hall–Kier alpha value is -3.28. The largest absolute Gasteiger partial charge is 0.358 e. The first kappa shape index (κ1) is 18.7. The fourth-order valence-corrected chi connectivity index (χ4v) is 4.20. The molecular formula is C24H22FN3O2. The molecule has 5 rings (SSSR count). The smallest absolute Gasteiger partial charge is 0.231 e. The quantitative estimate of drug-likeness (QED) is 0.659. The van der Waals surface area contributed by atoms with Crippen molar-refractivity contribution in [3.05, 3.63) is 71.0 Å². The molecule has 1 unspecified atom stereocenters. The Bertz CT molecular complexity index is 1120. The summed E-state index contributed by atoms with van der Waals surface area (Å²) in [4.78, 5) is 32.5. The first-order valence-electron chi connectivity index (χ1n) is 10.3. The van der Waals surface area contributed by atoms with E-state index in [4.69, 9.17) is 0 Å². The van der Waals surface area contributed by atoms with Gasteiger partial charge >= 0.3 is 0 Å². The SMILES string of the molecule is O=C1CCCc2[nH]c(-c3ccnc(NC(=O)C4C[C@@H]4F)c3)c(Cc3ccccc3)c21. The third kappa shape index (κ3) is 3.54. The second kappa shape index (κ2) is 7.52. The number of aromatic nitrogens is 2. The van der Waals surface area contributed by atoms with Crippen LogP contribution in [0.25, 0.3) is 11.3 Å². The van der Waals surface area contributed by atoms with Gasteiger partial charge in [-0.15, -0.1) is 0 Å². The number of carbonyl (C=O) groups excluding carboxylic acids is 2. The lowest BCUT2D eigenvalue weighted by Crippen LogP contribution is -2.15. The molecule has 1 fully saturated rings. The Balaban J connectivity index is 1.53. The third-order valence-corrected chi connectivity index (χ3v) is 5.86. The van der Waals surface area contributed by atoms with Gasteiger partial charge in [0.1, 0.15) is 12.0 Å². The zero-order chi connectivity index (χ0) is 20.7. The van der Waals surface area contributed by atoms with Gasteiger partial charge in [-0.1, -0.05) is 30.3 Å². The van der Waals surface area contributed by atoms with Crippen LogP contribution in [-0.4, -0.2) is 27.8 Å². The van der Waals surface area contributed by atoms with Gasteiger partial charge in [0, 0.05) is 35.9 Å². The molecule has 1 aromatic carbocycles. The van der Waals surface area contributed by atoms with Crippen molar-refractivity contribution in [2.75, 3.05) is 5.32 Å². The van der Waals surface area contributed by atoms with E-state index in [1.165, 1.54) is 0 Å². The summed E-state index contributed by atoms with van der Waals surface area (Å²) >= 11 is 0. The maximum atomic E-state index is 13.2. The monoisotopic (exact) mass is 403 g/mol. The van der Waals surface area contributed by atoms with Crippen LogP contribution in [0.4, 0.5) is 10.2 Å². The second-order valence-corrected chi connectivity index (χ2v) is 8.05. The first-order valence-corrected chi connectivity index (χ1v) is 10.3. The van der Waals surface area contributed by atoms with Crippen molar-refractivity contribution in [1.29, 1.82) is 0 Å². The summed E-state index contributed by atoms with van der Waals surface area (Å²) in [7, 11) is 0. The van der Waals surface area contributed by atoms with E-state index < -0.39 is 12.1 Å². The predicted octanol–water partition coefficient (Wildman–Crippen LogP) is 4.48. The number of halogens is 1. The van der Waals surface area contributed by atoms with Crippen molar-refractivity contribution in [2.45, 2.75) is 38.3 Å². The fraction of sp³-hybridized carbons (Fsp3) is 0.292. The number of hydrogen-bond donors (Lipinski definition) is 2. The van der Waals surface area contributed by atoms with Crippen LogP contribution < -0.4 is 5.32 Å². The van der Waals surface area contributed by atoms with E-state index >= 15 is 0 Å². The predicted molar refractivity (Wildman–Crippen MR) is 112 cm³/mol. The molecular weight excluding hydrogens is 381 g/mol. The molecule has 1 saturated carbocycles. The van der Waals surface area contributed by atoms with Gasteiger partial charge in [0.2, 0.25) is 5.91 Å². The molecule has 0 spiro atoms. The van der Waals surface area contributed by atoms with Gasteiger partial charge in [0.05, 0.1) is 11.6 Å². The topological polar surface area (TPSA) is 74.8 Å². The van der Waals surface area contributed by atoms with E-state index in [-0.39, 0.29) is 18.1 Å². The first-order chi connectivity index (χ1) is 14.6. The van der Waals surface area contributed by atoms with Crippen molar-refractivity contribution >= 4 is 17.5 Å². The molecule has 1 amide bonds. The van der Waals surface area contributed by atoms with Crippen molar-refractivity contribution < 1.29 is 14.0 Å². The molecule has 5 nitrogen and oxygen atoms in total. The number of pyridine rings is 1. The highest BCUT2D eigenvalue weighted by Gasteiger charge is 2.43. The summed E-state index contributed by atoms with van der Waals surface area (Å²) in [5.41, 5.74) is 5.63. The van der Waals surface area contributed by atoms with E-state index in [0.717, 1.165) is 46.5 Å². The third-order valence-electron chi connectivity index (χ3n) is 5.86. The summed E-state index contributed by atoms with van der Waals surface area (Å²) in [5.74, 6) is -0.340. The Morgan fingerprint density at radius 2 is 2.00 bits per heavy atom. The van der Waals surface area contributed by atoms with Crippen LogP contribution in [0.2, 0.25) is 0 Å². The molecule has 2 aliphatic rings. The number of alkyl halides is 1. The summed E-state index contributed by atoms with van der Waals surface area (Å²) in [6, 6.07) is 13.7. The Kier molecular flexibility index (Phi) is 4.69. The Labute approximate surface area is 173 Å². The number of carbonyl (C=O) groups is 2. The van der Waals surface area contributed by atoms with E-state index in [2.05, 4.69) is 27.4 Å². The summed E-state index contributed by atoms with van der Waals surface area (Å²) in [6.07, 6.45) is 3.75. The van der Waals surface area contributed by atoms with Gasteiger partial charge < -0.3 is 10.3 Å². The van der Waals surface area contributed by atoms with Crippen LogP contribution >= 0.6 is 0 Å². The second-order valence-electron chi connectivity index (χ2n) is 8.05. The molecule has 30 heavy (non-hydrogen) atoms. The lowest BCUT2D eigenvalue weighted by atomic mass is 9.90. The van der Waals surface area contributed by atoms with Crippen LogP contribution in [0.15, 0.2) is 48.7 Å². The number of anilines is 1. The minimum atomic E-state index is -1.05. The van der Waals surface area contributed by atoms with Crippen molar-refractivity contribution in [3.8, 4) is 11.3 Å². The number of amides is 1. The van der Waals surface area contributed by atoms with Crippen molar-refractivity contribution in [3.63, 3.8) is 0 Å². The van der Waals surface area contributed by atoms with Crippen LogP contribution in [0, 0.1) is 5.92 Å². The molecule has 0 saturated heterocycles. The van der Waals surface area contributed by atoms with Crippen LogP contribution in [0.1, 0.15) is 46.4 Å². The number of Topliss-reactive ketones (excluding diaryl/α,β-unsaturated/α-hetero) is 1. The molecule has 6 heteroatoms. The number of H-pyrrole nitrogens is 1. The normalized spacial score (nSPS) is 20.0. The molecule has 152 valence electrons. The molecule has 2 N–H and O–H groups in total. The van der Waals surface area contributed by atoms with Gasteiger partial charge in [0.25, 0.3) is 0 Å². The lowest BCUT2D eigenvalue weighted by Gasteiger charge is -2.12. The number of hydrogen-bond acceptors (Lipinski definition) is 3. The number of fused-ring (bicyclic) bond motifs is 1. The maximum Gasteiger partial charge on any atom is 0.231 e. The fourth-order valence-electron chi connectivity index (χ4n) is 4.20. The van der Waals surface area contributed by atoms with E-state index in [1.54, 1.807) is 12.3 Å². The van der Waals surface area contributed by atoms with Crippen LogP contribution in [-0.2, 0) is 17.6 Å². The number of benzene rings is 1. The zero-order valence-corrected chi connectivity index (χ0v) is 16.5. The number of nitrogens with one attached hydrogen (secondary N) is 2. The molecule has 2 aliphatic carbocycles. The number of rotatable bonds is 5. The molecule has 2 atom stereocenters. The van der Waals surface area contributed by atoms with Crippen molar-refractivity contribution in [2.24, 2.45) is 5.92 Å². The van der Waals surface area contributed by atoms with Crippen LogP contribution in [0.5, 0.6) is 0 Å². The Morgan fingerprint density at radius 1 is 1.20 bits per heavy atom.